The van der Waals surface area contributed by atoms with Crippen molar-refractivity contribution in [1.82, 2.24) is 15.1 Å². The molecule has 0 unspecified atom stereocenters. The Morgan fingerprint density at radius 3 is 2.41 bits per heavy atom. The van der Waals surface area contributed by atoms with Crippen molar-refractivity contribution in [2.75, 3.05) is 39.3 Å². The van der Waals surface area contributed by atoms with Crippen LogP contribution in [0.5, 0.6) is 0 Å². The van der Waals surface area contributed by atoms with Gasteiger partial charge in [-0.05, 0) is 49.9 Å². The molecule has 0 spiro atoms. The Hall–Kier alpha value is -2.30. The maximum atomic E-state index is 13.5. The van der Waals surface area contributed by atoms with E-state index in [0.29, 0.717) is 51.0 Å². The largest absolute Gasteiger partial charge is 0.416 e. The molecule has 2 amide bonds. The summed E-state index contributed by atoms with van der Waals surface area (Å²) in [7, 11) is 0. The summed E-state index contributed by atoms with van der Waals surface area (Å²) in [5, 5.41) is 2.53. The van der Waals surface area contributed by atoms with E-state index < -0.39 is 41.5 Å². The summed E-state index contributed by atoms with van der Waals surface area (Å²) in [6, 6.07) is 1.67. The fourth-order valence-electron chi connectivity index (χ4n) is 4.08. The lowest BCUT2D eigenvalue weighted by molar-refractivity contribution is -0.138. The van der Waals surface area contributed by atoms with Gasteiger partial charge in [-0.3, -0.25) is 14.5 Å². The van der Waals surface area contributed by atoms with Gasteiger partial charge in [-0.2, -0.15) is 13.2 Å². The number of alkyl halides is 5. The van der Waals surface area contributed by atoms with Crippen LogP contribution in [0.3, 0.4) is 0 Å². The summed E-state index contributed by atoms with van der Waals surface area (Å²) in [4.78, 5) is 27.7. The maximum Gasteiger partial charge on any atom is 0.416 e. The van der Waals surface area contributed by atoms with Crippen LogP contribution in [0.2, 0.25) is 0 Å². The third-order valence-corrected chi connectivity index (χ3v) is 5.84. The van der Waals surface area contributed by atoms with E-state index in [1.54, 1.807) is 4.90 Å². The second-order valence-corrected chi connectivity index (χ2v) is 8.43. The van der Waals surface area contributed by atoms with E-state index in [0.717, 1.165) is 6.07 Å². The Morgan fingerprint density at radius 2 is 1.78 bits per heavy atom. The van der Waals surface area contributed by atoms with Gasteiger partial charge in [0.05, 0.1) is 18.7 Å². The highest BCUT2D eigenvalue weighted by molar-refractivity contribution is 5.94. The van der Waals surface area contributed by atoms with Crippen LogP contribution < -0.4 is 5.32 Å². The molecule has 32 heavy (non-hydrogen) atoms. The predicted octanol–water partition coefficient (Wildman–Crippen LogP) is 3.54. The number of benzene rings is 1. The van der Waals surface area contributed by atoms with Gasteiger partial charge in [0.1, 0.15) is 5.82 Å². The normalized spacial score (nSPS) is 20.2. The molecule has 1 aromatic rings. The van der Waals surface area contributed by atoms with E-state index in [9.17, 15) is 35.9 Å². The van der Waals surface area contributed by atoms with Crippen molar-refractivity contribution in [3.63, 3.8) is 0 Å². The summed E-state index contributed by atoms with van der Waals surface area (Å²) >= 11 is 0. The van der Waals surface area contributed by atoms with E-state index in [2.05, 4.69) is 5.32 Å². The zero-order valence-electron chi connectivity index (χ0n) is 17.4. The number of rotatable bonds is 5. The SMILES string of the molecule is O=C(NCC1CCN(C(=O)CN2CCCC(F)(F)C2)CC1)c1cc(F)cc(C(F)(F)F)c1. The molecule has 2 heterocycles. The lowest BCUT2D eigenvalue weighted by atomic mass is 9.96. The number of amides is 2. The summed E-state index contributed by atoms with van der Waals surface area (Å²) in [5.74, 6) is -4.95. The van der Waals surface area contributed by atoms with Gasteiger partial charge < -0.3 is 10.2 Å². The molecule has 0 bridgehead atoms. The van der Waals surface area contributed by atoms with Crippen LogP contribution in [-0.2, 0) is 11.0 Å². The summed E-state index contributed by atoms with van der Waals surface area (Å²) in [6.45, 7) is 0.968. The highest BCUT2D eigenvalue weighted by Crippen LogP contribution is 2.30. The number of likely N-dealkylation sites (tertiary alicyclic amines) is 2. The van der Waals surface area contributed by atoms with Crippen LogP contribution in [0.15, 0.2) is 18.2 Å². The number of carbonyl (C=O) groups excluding carboxylic acids is 2. The van der Waals surface area contributed by atoms with Crippen molar-refractivity contribution in [2.45, 2.75) is 37.8 Å². The Balaban J connectivity index is 1.45. The van der Waals surface area contributed by atoms with Crippen molar-refractivity contribution in [3.8, 4) is 0 Å². The Bertz CT molecular complexity index is 837. The molecule has 0 atom stereocenters. The average molecular weight is 465 g/mol. The molecule has 11 heteroatoms. The van der Waals surface area contributed by atoms with Crippen molar-refractivity contribution in [1.29, 1.82) is 0 Å². The van der Waals surface area contributed by atoms with Crippen LogP contribution in [0.1, 0.15) is 41.6 Å². The first kappa shape index (κ1) is 24.3. The van der Waals surface area contributed by atoms with Crippen molar-refractivity contribution >= 4 is 11.8 Å². The lowest BCUT2D eigenvalue weighted by Gasteiger charge is -2.36. The number of hydrogen-bond acceptors (Lipinski definition) is 3. The fraction of sp³-hybridized carbons (Fsp3) is 0.619. The topological polar surface area (TPSA) is 52.7 Å². The summed E-state index contributed by atoms with van der Waals surface area (Å²) in [5.41, 5.74) is -1.65. The quantitative estimate of drug-likeness (QED) is 0.677. The molecule has 0 saturated carbocycles. The Kier molecular flexibility index (Phi) is 7.36. The van der Waals surface area contributed by atoms with Crippen LogP contribution in [0, 0.1) is 11.7 Å². The summed E-state index contributed by atoms with van der Waals surface area (Å²) < 4.78 is 78.9. The highest BCUT2D eigenvalue weighted by atomic mass is 19.4. The molecule has 0 aromatic heterocycles. The minimum absolute atomic E-state index is 0.00188. The van der Waals surface area contributed by atoms with Gasteiger partial charge in [0, 0.05) is 31.6 Å². The second kappa shape index (κ2) is 9.68. The zero-order chi connectivity index (χ0) is 23.5. The number of carbonyl (C=O) groups is 2. The average Bonchev–Trinajstić information content (AvgIpc) is 2.70. The number of halogens is 6. The molecule has 2 fully saturated rings. The van der Waals surface area contributed by atoms with Crippen LogP contribution >= 0.6 is 0 Å². The van der Waals surface area contributed by atoms with Crippen LogP contribution in [-0.4, -0.2) is 66.8 Å². The smallest absolute Gasteiger partial charge is 0.352 e. The minimum Gasteiger partial charge on any atom is -0.352 e. The predicted molar refractivity (Wildman–Crippen MR) is 104 cm³/mol. The first-order valence-corrected chi connectivity index (χ1v) is 10.5. The molecule has 2 aliphatic heterocycles. The van der Waals surface area contributed by atoms with Gasteiger partial charge in [-0.25, -0.2) is 13.2 Å². The number of nitrogens with zero attached hydrogens (tertiary/aromatic N) is 2. The minimum atomic E-state index is -4.76. The monoisotopic (exact) mass is 465 g/mol. The number of nitrogens with one attached hydrogen (secondary N) is 1. The first-order chi connectivity index (χ1) is 14.9. The van der Waals surface area contributed by atoms with Gasteiger partial charge in [0.2, 0.25) is 5.91 Å². The van der Waals surface area contributed by atoms with E-state index in [4.69, 9.17) is 0 Å². The third-order valence-electron chi connectivity index (χ3n) is 5.84. The standard InChI is InChI=1S/C21H25F6N3O2/c22-17-9-15(8-16(10-17)21(25,26)27)19(32)28-11-14-2-6-30(7-3-14)18(31)12-29-5-1-4-20(23,24)13-29/h8-10,14H,1-7,11-13H2,(H,28,32). The Labute approximate surface area is 181 Å². The fourth-order valence-corrected chi connectivity index (χ4v) is 4.08. The van der Waals surface area contributed by atoms with Gasteiger partial charge in [0.15, 0.2) is 0 Å². The molecular formula is C21H25F6N3O2. The van der Waals surface area contributed by atoms with Gasteiger partial charge in [-0.15, -0.1) is 0 Å². The van der Waals surface area contributed by atoms with Gasteiger partial charge in [-0.1, -0.05) is 0 Å². The molecule has 178 valence electrons. The molecule has 0 aliphatic carbocycles. The van der Waals surface area contributed by atoms with E-state index >= 15 is 0 Å². The molecule has 3 rings (SSSR count). The van der Waals surface area contributed by atoms with E-state index in [1.807, 2.05) is 0 Å². The van der Waals surface area contributed by atoms with Crippen molar-refractivity contribution in [2.24, 2.45) is 5.92 Å². The second-order valence-electron chi connectivity index (χ2n) is 8.43. The number of piperidine rings is 2. The number of hydrogen-bond donors (Lipinski definition) is 1. The molecule has 2 saturated heterocycles. The molecule has 0 radical (unpaired) electrons. The first-order valence-electron chi connectivity index (χ1n) is 10.5. The molecule has 1 aromatic carbocycles. The zero-order valence-corrected chi connectivity index (χ0v) is 17.4. The summed E-state index contributed by atoms with van der Waals surface area (Å²) in [6.07, 6.45) is -3.47. The third kappa shape index (κ3) is 6.60. The van der Waals surface area contributed by atoms with E-state index in [1.165, 1.54) is 4.90 Å². The Morgan fingerprint density at radius 1 is 1.09 bits per heavy atom. The van der Waals surface area contributed by atoms with Crippen molar-refractivity contribution < 1.29 is 35.9 Å². The molecule has 5 nitrogen and oxygen atoms in total. The molecular weight excluding hydrogens is 440 g/mol. The van der Waals surface area contributed by atoms with E-state index in [-0.39, 0.29) is 31.3 Å². The van der Waals surface area contributed by atoms with Gasteiger partial charge >= 0.3 is 6.18 Å². The lowest BCUT2D eigenvalue weighted by Crippen LogP contribution is -2.49. The van der Waals surface area contributed by atoms with Crippen LogP contribution in [0.25, 0.3) is 0 Å². The van der Waals surface area contributed by atoms with Crippen molar-refractivity contribution in [3.05, 3.63) is 35.1 Å². The molecule has 2 aliphatic rings. The highest BCUT2D eigenvalue weighted by Gasteiger charge is 2.36. The van der Waals surface area contributed by atoms with Gasteiger partial charge in [0.25, 0.3) is 11.8 Å². The molecule has 1 N–H and O–H groups in total. The van der Waals surface area contributed by atoms with Crippen LogP contribution in [0.4, 0.5) is 26.3 Å². The maximum absolute atomic E-state index is 13.5.